The fraction of sp³-hybridized carbons (Fsp3) is 0.120. The minimum absolute atomic E-state index is 0.0824. The Balaban J connectivity index is 1.63. The molecule has 0 aliphatic rings. The standard InChI is InChI=1S/C25H19N5OS/c1-17(20-13-11-18(15-26)12-14-20)32-25-28-27-24-29(16-19-7-3-2-4-8-19)23(31)21-9-5-6-10-22(21)30(24)25/h2-14,17H,16H2,1H3. The van der Waals surface area contributed by atoms with Gasteiger partial charge in [-0.05, 0) is 42.3 Å². The van der Waals surface area contributed by atoms with Gasteiger partial charge in [0.05, 0.1) is 29.1 Å². The van der Waals surface area contributed by atoms with Gasteiger partial charge in [-0.1, -0.05) is 66.4 Å². The van der Waals surface area contributed by atoms with Crippen molar-refractivity contribution in [1.82, 2.24) is 19.2 Å². The molecule has 6 nitrogen and oxygen atoms in total. The molecule has 5 aromatic rings. The van der Waals surface area contributed by atoms with Crippen molar-refractivity contribution in [2.24, 2.45) is 0 Å². The highest BCUT2D eigenvalue weighted by Crippen LogP contribution is 2.34. The maximum atomic E-state index is 13.3. The summed E-state index contributed by atoms with van der Waals surface area (Å²) in [6.45, 7) is 2.51. The van der Waals surface area contributed by atoms with Crippen LogP contribution >= 0.6 is 11.8 Å². The van der Waals surface area contributed by atoms with Crippen LogP contribution in [0.1, 0.15) is 28.9 Å². The van der Waals surface area contributed by atoms with Crippen LogP contribution in [0.4, 0.5) is 0 Å². The van der Waals surface area contributed by atoms with Gasteiger partial charge in [0.1, 0.15) is 0 Å². The van der Waals surface area contributed by atoms with Gasteiger partial charge in [-0.15, -0.1) is 10.2 Å². The highest BCUT2D eigenvalue weighted by Gasteiger charge is 2.19. The maximum absolute atomic E-state index is 13.3. The molecule has 2 aromatic heterocycles. The summed E-state index contributed by atoms with van der Waals surface area (Å²) in [6.07, 6.45) is 0. The molecule has 1 unspecified atom stereocenters. The third-order valence-corrected chi connectivity index (χ3v) is 6.55. The van der Waals surface area contributed by atoms with E-state index in [1.54, 1.807) is 16.3 Å². The minimum Gasteiger partial charge on any atom is -0.272 e. The molecule has 156 valence electrons. The predicted molar refractivity (Wildman–Crippen MR) is 126 cm³/mol. The number of thioether (sulfide) groups is 1. The lowest BCUT2D eigenvalue weighted by Crippen LogP contribution is -2.24. The van der Waals surface area contributed by atoms with Gasteiger partial charge in [0.2, 0.25) is 5.78 Å². The van der Waals surface area contributed by atoms with E-state index in [4.69, 9.17) is 5.26 Å². The summed E-state index contributed by atoms with van der Waals surface area (Å²) in [6, 6.07) is 27.1. The van der Waals surface area contributed by atoms with Crippen LogP contribution in [0.2, 0.25) is 0 Å². The van der Waals surface area contributed by atoms with Crippen LogP contribution in [0.15, 0.2) is 88.8 Å². The van der Waals surface area contributed by atoms with Gasteiger partial charge < -0.3 is 0 Å². The van der Waals surface area contributed by atoms with Crippen LogP contribution in [0.3, 0.4) is 0 Å². The summed E-state index contributed by atoms with van der Waals surface area (Å²) in [5, 5.41) is 19.3. The Morgan fingerprint density at radius 1 is 0.969 bits per heavy atom. The van der Waals surface area contributed by atoms with Gasteiger partial charge in [0, 0.05) is 5.25 Å². The lowest BCUT2D eigenvalue weighted by molar-refractivity contribution is 0.764. The Morgan fingerprint density at radius 3 is 2.44 bits per heavy atom. The molecular weight excluding hydrogens is 418 g/mol. The van der Waals surface area contributed by atoms with Crippen LogP contribution in [-0.4, -0.2) is 19.2 Å². The number of hydrogen-bond donors (Lipinski definition) is 0. The SMILES string of the molecule is CC(Sc1nnc2n(Cc3ccccc3)c(=O)c3ccccc3n12)c1ccc(C#N)cc1. The van der Waals surface area contributed by atoms with Gasteiger partial charge in [-0.2, -0.15) is 5.26 Å². The third kappa shape index (κ3) is 3.55. The molecule has 5 rings (SSSR count). The molecule has 0 spiro atoms. The van der Waals surface area contributed by atoms with E-state index >= 15 is 0 Å². The van der Waals surface area contributed by atoms with E-state index in [-0.39, 0.29) is 10.8 Å². The average Bonchev–Trinajstić information content (AvgIpc) is 3.26. The topological polar surface area (TPSA) is 76.0 Å². The molecule has 0 saturated heterocycles. The van der Waals surface area contributed by atoms with Crippen molar-refractivity contribution < 1.29 is 0 Å². The second-order valence-corrected chi connectivity index (χ2v) is 8.81. The molecule has 1 atom stereocenters. The molecular formula is C25H19N5OS. The first-order valence-corrected chi connectivity index (χ1v) is 11.1. The normalized spacial score (nSPS) is 12.1. The minimum atomic E-state index is -0.0824. The first-order chi connectivity index (χ1) is 15.7. The van der Waals surface area contributed by atoms with E-state index in [0.29, 0.717) is 23.3 Å². The number of nitrogens with zero attached hydrogens (tertiary/aromatic N) is 5. The van der Waals surface area contributed by atoms with Crippen LogP contribution in [0.25, 0.3) is 16.7 Å². The number of nitriles is 1. The molecule has 0 N–H and O–H groups in total. The van der Waals surface area contributed by atoms with Crippen LogP contribution in [-0.2, 0) is 6.54 Å². The third-order valence-electron chi connectivity index (χ3n) is 5.45. The van der Waals surface area contributed by atoms with Crippen LogP contribution in [0.5, 0.6) is 0 Å². The van der Waals surface area contributed by atoms with E-state index in [1.165, 1.54) is 0 Å². The molecule has 0 bridgehead atoms. The second kappa shape index (κ2) is 8.33. The van der Waals surface area contributed by atoms with Crippen molar-refractivity contribution in [3.05, 3.63) is 106 Å². The van der Waals surface area contributed by atoms with E-state index in [1.807, 2.05) is 83.3 Å². The zero-order valence-electron chi connectivity index (χ0n) is 17.3. The number of rotatable bonds is 5. The highest BCUT2D eigenvalue weighted by atomic mass is 32.2. The summed E-state index contributed by atoms with van der Waals surface area (Å²) in [5.74, 6) is 0.520. The monoisotopic (exact) mass is 437 g/mol. The molecule has 0 fully saturated rings. The van der Waals surface area contributed by atoms with Gasteiger partial charge in [0.25, 0.3) is 5.56 Å². The van der Waals surface area contributed by atoms with Crippen molar-refractivity contribution in [3.8, 4) is 6.07 Å². The molecule has 3 aromatic carbocycles. The first kappa shape index (κ1) is 20.0. The Kier molecular flexibility index (Phi) is 5.21. The molecule has 0 aliphatic carbocycles. The largest absolute Gasteiger partial charge is 0.272 e. The van der Waals surface area contributed by atoms with Crippen LogP contribution < -0.4 is 5.56 Å². The Hall–Kier alpha value is -3.89. The van der Waals surface area contributed by atoms with Gasteiger partial charge >= 0.3 is 0 Å². The first-order valence-electron chi connectivity index (χ1n) is 10.2. The molecule has 0 aliphatic heterocycles. The summed E-state index contributed by atoms with van der Waals surface area (Å²) in [4.78, 5) is 13.3. The zero-order valence-corrected chi connectivity index (χ0v) is 18.2. The van der Waals surface area contributed by atoms with Crippen molar-refractivity contribution in [2.75, 3.05) is 0 Å². The number of benzene rings is 3. The number of para-hydroxylation sites is 1. The molecule has 32 heavy (non-hydrogen) atoms. The fourth-order valence-electron chi connectivity index (χ4n) is 3.77. The predicted octanol–water partition coefficient (Wildman–Crippen LogP) is 4.82. The van der Waals surface area contributed by atoms with Gasteiger partial charge in [-0.25, -0.2) is 0 Å². The summed E-state index contributed by atoms with van der Waals surface area (Å²) < 4.78 is 3.64. The van der Waals surface area contributed by atoms with Crippen molar-refractivity contribution >= 4 is 28.4 Å². The number of hydrogen-bond acceptors (Lipinski definition) is 5. The molecule has 0 amide bonds. The number of fused-ring (bicyclic) bond motifs is 3. The van der Waals surface area contributed by atoms with E-state index < -0.39 is 0 Å². The number of aromatic nitrogens is 4. The summed E-state index contributed by atoms with van der Waals surface area (Å²) in [7, 11) is 0. The fourth-order valence-corrected chi connectivity index (χ4v) is 4.76. The Bertz CT molecular complexity index is 1510. The second-order valence-electron chi connectivity index (χ2n) is 7.51. The van der Waals surface area contributed by atoms with Crippen molar-refractivity contribution in [1.29, 1.82) is 5.26 Å². The Labute approximate surface area is 188 Å². The van der Waals surface area contributed by atoms with Gasteiger partial charge in [0.15, 0.2) is 5.16 Å². The van der Waals surface area contributed by atoms with Gasteiger partial charge in [-0.3, -0.25) is 13.8 Å². The summed E-state index contributed by atoms with van der Waals surface area (Å²) >= 11 is 1.57. The molecule has 7 heteroatoms. The molecule has 0 radical (unpaired) electrons. The molecule has 2 heterocycles. The molecule has 0 saturated carbocycles. The average molecular weight is 438 g/mol. The van der Waals surface area contributed by atoms with E-state index in [9.17, 15) is 4.79 Å². The van der Waals surface area contributed by atoms with Crippen molar-refractivity contribution in [3.63, 3.8) is 0 Å². The highest BCUT2D eigenvalue weighted by molar-refractivity contribution is 7.99. The van der Waals surface area contributed by atoms with Crippen LogP contribution in [0, 0.1) is 11.3 Å². The maximum Gasteiger partial charge on any atom is 0.263 e. The lowest BCUT2D eigenvalue weighted by atomic mass is 10.1. The van der Waals surface area contributed by atoms with Crippen molar-refractivity contribution in [2.45, 2.75) is 23.9 Å². The summed E-state index contributed by atoms with van der Waals surface area (Å²) in [5.41, 5.74) is 3.45. The van der Waals surface area contributed by atoms with E-state index in [0.717, 1.165) is 21.8 Å². The Morgan fingerprint density at radius 2 is 1.69 bits per heavy atom. The quantitative estimate of drug-likeness (QED) is 0.369. The van der Waals surface area contributed by atoms with E-state index in [2.05, 4.69) is 23.2 Å². The lowest BCUT2D eigenvalue weighted by Gasteiger charge is -2.13. The zero-order chi connectivity index (χ0) is 22.1. The smallest absolute Gasteiger partial charge is 0.263 e.